The van der Waals surface area contributed by atoms with Gasteiger partial charge in [0, 0.05) is 21.5 Å². The van der Waals surface area contributed by atoms with Crippen molar-refractivity contribution >= 4 is 28.9 Å². The van der Waals surface area contributed by atoms with Crippen molar-refractivity contribution in [2.24, 2.45) is 0 Å². The number of carbonyl (C=O) groups is 2. The predicted octanol–water partition coefficient (Wildman–Crippen LogP) is 3.44. The molecular weight excluding hydrogens is 312 g/mol. The third-order valence-corrected chi connectivity index (χ3v) is 3.76. The molecule has 1 amide bonds. The molecule has 0 aliphatic carbocycles. The second-order valence-corrected chi connectivity index (χ2v) is 6.04. The van der Waals surface area contributed by atoms with Crippen molar-refractivity contribution in [2.45, 2.75) is 13.8 Å². The molecule has 0 unspecified atom stereocenters. The van der Waals surface area contributed by atoms with E-state index in [0.717, 1.165) is 21.9 Å². The van der Waals surface area contributed by atoms with E-state index >= 15 is 0 Å². The second-order valence-electron chi connectivity index (χ2n) is 4.58. The van der Waals surface area contributed by atoms with E-state index < -0.39 is 30.1 Å². The van der Waals surface area contributed by atoms with Crippen molar-refractivity contribution in [2.75, 3.05) is 11.9 Å². The Morgan fingerprint density at radius 3 is 2.50 bits per heavy atom. The number of thiophene rings is 1. The summed E-state index contributed by atoms with van der Waals surface area (Å²) < 4.78 is 30.7. The summed E-state index contributed by atoms with van der Waals surface area (Å²) in [5, 5.41) is 2.32. The SMILES string of the molecule is Cc1cc(C(=O)OCC(=O)Nc2ccc(F)c(F)c2)c(C)s1. The van der Waals surface area contributed by atoms with Crippen LogP contribution in [0.5, 0.6) is 0 Å². The third kappa shape index (κ3) is 3.88. The minimum atomic E-state index is -1.07. The van der Waals surface area contributed by atoms with Crippen molar-refractivity contribution in [1.82, 2.24) is 0 Å². The average Bonchev–Trinajstić information content (AvgIpc) is 2.79. The highest BCUT2D eigenvalue weighted by Crippen LogP contribution is 2.21. The molecule has 2 rings (SSSR count). The van der Waals surface area contributed by atoms with Crippen molar-refractivity contribution in [1.29, 1.82) is 0 Å². The minimum Gasteiger partial charge on any atom is -0.452 e. The summed E-state index contributed by atoms with van der Waals surface area (Å²) in [5.41, 5.74) is 0.505. The lowest BCUT2D eigenvalue weighted by Gasteiger charge is -2.06. The number of hydrogen-bond donors (Lipinski definition) is 1. The van der Waals surface area contributed by atoms with Gasteiger partial charge in [-0.15, -0.1) is 11.3 Å². The first-order valence-electron chi connectivity index (χ1n) is 6.36. The maximum absolute atomic E-state index is 13.0. The van der Waals surface area contributed by atoms with Crippen LogP contribution >= 0.6 is 11.3 Å². The lowest BCUT2D eigenvalue weighted by atomic mass is 10.2. The molecule has 7 heteroatoms. The number of esters is 1. The molecule has 0 radical (unpaired) electrons. The highest BCUT2D eigenvalue weighted by Gasteiger charge is 2.15. The Balaban J connectivity index is 1.91. The molecule has 116 valence electrons. The van der Waals surface area contributed by atoms with Gasteiger partial charge in [-0.05, 0) is 32.0 Å². The lowest BCUT2D eigenvalue weighted by Crippen LogP contribution is -2.21. The first-order chi connectivity index (χ1) is 10.4. The van der Waals surface area contributed by atoms with Crippen LogP contribution in [-0.4, -0.2) is 18.5 Å². The molecule has 0 saturated carbocycles. The molecule has 0 saturated heterocycles. The fourth-order valence-corrected chi connectivity index (χ4v) is 2.73. The van der Waals surface area contributed by atoms with E-state index in [-0.39, 0.29) is 5.69 Å². The van der Waals surface area contributed by atoms with Gasteiger partial charge >= 0.3 is 5.97 Å². The van der Waals surface area contributed by atoms with Crippen molar-refractivity contribution in [3.63, 3.8) is 0 Å². The zero-order chi connectivity index (χ0) is 16.3. The van der Waals surface area contributed by atoms with Gasteiger partial charge in [-0.25, -0.2) is 13.6 Å². The van der Waals surface area contributed by atoms with Gasteiger partial charge in [0.05, 0.1) is 5.56 Å². The molecule has 0 fully saturated rings. The monoisotopic (exact) mass is 325 g/mol. The van der Waals surface area contributed by atoms with Gasteiger partial charge in [-0.3, -0.25) is 4.79 Å². The molecule has 0 atom stereocenters. The number of benzene rings is 1. The number of rotatable bonds is 4. The van der Waals surface area contributed by atoms with Gasteiger partial charge in [-0.2, -0.15) is 0 Å². The number of aryl methyl sites for hydroxylation is 2. The molecule has 4 nitrogen and oxygen atoms in total. The predicted molar refractivity (Wildman–Crippen MR) is 79.1 cm³/mol. The van der Waals surface area contributed by atoms with Crippen molar-refractivity contribution in [3.8, 4) is 0 Å². The van der Waals surface area contributed by atoms with Gasteiger partial charge in [0.15, 0.2) is 18.2 Å². The standard InChI is InChI=1S/C15H13F2NO3S/c1-8-5-11(9(2)22-8)15(20)21-7-14(19)18-10-3-4-12(16)13(17)6-10/h3-6H,7H2,1-2H3,(H,18,19). The number of halogens is 2. The average molecular weight is 325 g/mol. The fraction of sp³-hybridized carbons (Fsp3) is 0.200. The summed E-state index contributed by atoms with van der Waals surface area (Å²) in [6.07, 6.45) is 0. The summed E-state index contributed by atoms with van der Waals surface area (Å²) in [5.74, 6) is -3.31. The molecule has 1 aromatic heterocycles. The molecule has 0 aliphatic rings. The van der Waals surface area contributed by atoms with Crippen LogP contribution < -0.4 is 5.32 Å². The highest BCUT2D eigenvalue weighted by atomic mass is 32.1. The number of amides is 1. The Morgan fingerprint density at radius 2 is 1.91 bits per heavy atom. The van der Waals surface area contributed by atoms with Crippen LogP contribution in [0.1, 0.15) is 20.1 Å². The molecule has 0 bridgehead atoms. The molecule has 0 aliphatic heterocycles. The van der Waals surface area contributed by atoms with Crippen LogP contribution in [-0.2, 0) is 9.53 Å². The highest BCUT2D eigenvalue weighted by molar-refractivity contribution is 7.12. The quantitative estimate of drug-likeness (QED) is 0.876. The normalized spacial score (nSPS) is 10.4. The van der Waals surface area contributed by atoms with E-state index in [1.54, 1.807) is 13.0 Å². The van der Waals surface area contributed by atoms with Crippen LogP contribution in [0.25, 0.3) is 0 Å². The topological polar surface area (TPSA) is 55.4 Å². The van der Waals surface area contributed by atoms with Gasteiger partial charge in [0.2, 0.25) is 0 Å². The van der Waals surface area contributed by atoms with Crippen molar-refractivity contribution < 1.29 is 23.1 Å². The van der Waals surface area contributed by atoms with Gasteiger partial charge in [0.1, 0.15) is 0 Å². The Labute approximate surface area is 129 Å². The second kappa shape index (κ2) is 6.65. The maximum Gasteiger partial charge on any atom is 0.339 e. The molecule has 22 heavy (non-hydrogen) atoms. The van der Waals surface area contributed by atoms with E-state index in [1.807, 2.05) is 6.92 Å². The Kier molecular flexibility index (Phi) is 4.87. The number of hydrogen-bond acceptors (Lipinski definition) is 4. The summed E-state index contributed by atoms with van der Waals surface area (Å²) in [6.45, 7) is 3.14. The fourth-order valence-electron chi connectivity index (χ4n) is 1.81. The first kappa shape index (κ1) is 16.1. The minimum absolute atomic E-state index is 0.0857. The largest absolute Gasteiger partial charge is 0.452 e. The van der Waals surface area contributed by atoms with Crippen LogP contribution in [0.15, 0.2) is 24.3 Å². The third-order valence-electron chi connectivity index (χ3n) is 2.80. The van der Waals surface area contributed by atoms with Gasteiger partial charge in [-0.1, -0.05) is 0 Å². The zero-order valence-electron chi connectivity index (χ0n) is 11.9. The summed E-state index contributed by atoms with van der Waals surface area (Å²) in [4.78, 5) is 25.2. The molecule has 0 spiro atoms. The first-order valence-corrected chi connectivity index (χ1v) is 7.17. The van der Waals surface area contributed by atoms with Crippen LogP contribution in [0.3, 0.4) is 0 Å². The molecular formula is C15H13F2NO3S. The van der Waals surface area contributed by atoms with Gasteiger partial charge < -0.3 is 10.1 Å². The zero-order valence-corrected chi connectivity index (χ0v) is 12.7. The molecule has 1 heterocycles. The summed E-state index contributed by atoms with van der Waals surface area (Å²) in [7, 11) is 0. The van der Waals surface area contributed by atoms with E-state index in [1.165, 1.54) is 17.4 Å². The van der Waals surface area contributed by atoms with Gasteiger partial charge in [0.25, 0.3) is 5.91 Å². The molecule has 2 aromatic rings. The number of nitrogens with one attached hydrogen (secondary N) is 1. The van der Waals surface area contributed by atoms with E-state index in [4.69, 9.17) is 4.74 Å². The summed E-state index contributed by atoms with van der Waals surface area (Å²) in [6, 6.07) is 4.65. The van der Waals surface area contributed by atoms with Crippen LogP contribution in [0.2, 0.25) is 0 Å². The molecule has 1 N–H and O–H groups in total. The smallest absolute Gasteiger partial charge is 0.339 e. The Hall–Kier alpha value is -2.28. The Bertz CT molecular complexity index is 728. The van der Waals surface area contributed by atoms with E-state index in [9.17, 15) is 18.4 Å². The van der Waals surface area contributed by atoms with Crippen molar-refractivity contribution in [3.05, 3.63) is 51.2 Å². The van der Waals surface area contributed by atoms with E-state index in [2.05, 4.69) is 5.32 Å². The number of carbonyl (C=O) groups excluding carboxylic acids is 2. The van der Waals surface area contributed by atoms with Crippen LogP contribution in [0.4, 0.5) is 14.5 Å². The number of anilines is 1. The summed E-state index contributed by atoms with van der Waals surface area (Å²) >= 11 is 1.46. The number of ether oxygens (including phenoxy) is 1. The molecule has 1 aromatic carbocycles. The van der Waals surface area contributed by atoms with Crippen LogP contribution in [0, 0.1) is 25.5 Å². The maximum atomic E-state index is 13.0. The Morgan fingerprint density at radius 1 is 1.18 bits per heavy atom. The van der Waals surface area contributed by atoms with E-state index in [0.29, 0.717) is 5.56 Å². The lowest BCUT2D eigenvalue weighted by molar-refractivity contribution is -0.119.